The first kappa shape index (κ1) is 15.2. The maximum atomic E-state index is 5.85. The molecular weight excluding hydrogens is 222 g/mol. The second-order valence-corrected chi connectivity index (χ2v) is 5.04. The summed E-state index contributed by atoms with van der Waals surface area (Å²) in [6.07, 6.45) is 2.00. The monoisotopic (exact) mass is 249 g/mol. The zero-order valence-electron chi connectivity index (χ0n) is 12.6. The Morgan fingerprint density at radius 1 is 1.17 bits per heavy atom. The van der Waals surface area contributed by atoms with Gasteiger partial charge in [0.25, 0.3) is 0 Å². The van der Waals surface area contributed by atoms with E-state index in [9.17, 15) is 0 Å². The minimum Gasteiger partial charge on any atom is -0.376 e. The molecule has 0 saturated carbocycles. The molecular formula is C16H27NO. The molecule has 1 unspecified atom stereocenters. The molecule has 1 rings (SSSR count). The summed E-state index contributed by atoms with van der Waals surface area (Å²) >= 11 is 0. The van der Waals surface area contributed by atoms with Gasteiger partial charge in [-0.25, -0.2) is 0 Å². The van der Waals surface area contributed by atoms with E-state index >= 15 is 0 Å². The van der Waals surface area contributed by atoms with Gasteiger partial charge in [0.2, 0.25) is 0 Å². The van der Waals surface area contributed by atoms with Gasteiger partial charge in [-0.3, -0.25) is 0 Å². The zero-order chi connectivity index (χ0) is 13.8. The first-order valence-corrected chi connectivity index (χ1v) is 6.84. The average Bonchev–Trinajstić information content (AvgIpc) is 2.40. The molecule has 0 aliphatic carbocycles. The third kappa shape index (κ3) is 2.76. The number of benzene rings is 1. The van der Waals surface area contributed by atoms with Crippen LogP contribution in [-0.2, 0) is 4.74 Å². The fourth-order valence-electron chi connectivity index (χ4n) is 2.74. The van der Waals surface area contributed by atoms with Crippen LogP contribution < -0.4 is 5.32 Å². The Morgan fingerprint density at radius 3 is 2.17 bits per heavy atom. The van der Waals surface area contributed by atoms with E-state index in [0.717, 1.165) is 12.8 Å². The Morgan fingerprint density at radius 2 is 1.78 bits per heavy atom. The van der Waals surface area contributed by atoms with Crippen molar-refractivity contribution in [2.24, 2.45) is 0 Å². The van der Waals surface area contributed by atoms with Gasteiger partial charge < -0.3 is 10.1 Å². The number of ether oxygens (including phenoxy) is 1. The van der Waals surface area contributed by atoms with Gasteiger partial charge in [0.05, 0.1) is 11.6 Å². The molecule has 0 bridgehead atoms. The number of nitrogens with one attached hydrogen (secondary N) is 1. The van der Waals surface area contributed by atoms with E-state index in [4.69, 9.17) is 4.74 Å². The molecule has 18 heavy (non-hydrogen) atoms. The van der Waals surface area contributed by atoms with Crippen molar-refractivity contribution < 1.29 is 4.74 Å². The van der Waals surface area contributed by atoms with Crippen LogP contribution in [0.3, 0.4) is 0 Å². The Hall–Kier alpha value is -0.860. The van der Waals surface area contributed by atoms with Crippen molar-refractivity contribution in [3.05, 3.63) is 34.9 Å². The second-order valence-electron chi connectivity index (χ2n) is 5.04. The van der Waals surface area contributed by atoms with Crippen molar-refractivity contribution in [3.63, 3.8) is 0 Å². The molecule has 0 aliphatic heterocycles. The van der Waals surface area contributed by atoms with Crippen LogP contribution in [0.15, 0.2) is 18.2 Å². The smallest absolute Gasteiger partial charge is 0.0867 e. The molecule has 102 valence electrons. The van der Waals surface area contributed by atoms with Gasteiger partial charge in [0, 0.05) is 7.11 Å². The number of aryl methyl sites for hydroxylation is 2. The zero-order valence-corrected chi connectivity index (χ0v) is 12.6. The van der Waals surface area contributed by atoms with Gasteiger partial charge in [0.1, 0.15) is 0 Å². The standard InChI is InChI=1S/C16H27NO/c1-7-16(8-2,18-6)15(17-5)14-10-9-12(3)13(4)11-14/h9-11,15,17H,7-8H2,1-6H3. The second kappa shape index (κ2) is 6.35. The number of hydrogen-bond acceptors (Lipinski definition) is 2. The van der Waals surface area contributed by atoms with Crippen molar-refractivity contribution in [3.8, 4) is 0 Å². The van der Waals surface area contributed by atoms with E-state index in [0.29, 0.717) is 0 Å². The van der Waals surface area contributed by atoms with E-state index in [1.54, 1.807) is 0 Å². The van der Waals surface area contributed by atoms with Crippen LogP contribution >= 0.6 is 0 Å². The molecule has 0 saturated heterocycles. The van der Waals surface area contributed by atoms with Gasteiger partial charge >= 0.3 is 0 Å². The molecule has 0 heterocycles. The number of hydrogen-bond donors (Lipinski definition) is 1. The molecule has 1 aromatic carbocycles. The number of methoxy groups -OCH3 is 1. The van der Waals surface area contributed by atoms with Crippen molar-refractivity contribution in [1.29, 1.82) is 0 Å². The predicted molar refractivity (Wildman–Crippen MR) is 78.0 cm³/mol. The van der Waals surface area contributed by atoms with E-state index in [-0.39, 0.29) is 11.6 Å². The fraction of sp³-hybridized carbons (Fsp3) is 0.625. The molecule has 1 atom stereocenters. The lowest BCUT2D eigenvalue weighted by atomic mass is 9.83. The van der Waals surface area contributed by atoms with Gasteiger partial charge in [-0.1, -0.05) is 32.0 Å². The molecule has 2 heteroatoms. The SMILES string of the molecule is CCC(CC)(OC)C(NC)c1ccc(C)c(C)c1. The summed E-state index contributed by atoms with van der Waals surface area (Å²) in [4.78, 5) is 0. The Labute approximate surface area is 112 Å². The Bertz CT molecular complexity index is 374. The normalized spacial score (nSPS) is 13.7. The van der Waals surface area contributed by atoms with Crippen molar-refractivity contribution in [1.82, 2.24) is 5.32 Å². The Balaban J connectivity index is 3.19. The number of rotatable bonds is 6. The lowest BCUT2D eigenvalue weighted by Gasteiger charge is -2.38. The van der Waals surface area contributed by atoms with Crippen LogP contribution in [0.5, 0.6) is 0 Å². The average molecular weight is 249 g/mol. The lowest BCUT2D eigenvalue weighted by molar-refractivity contribution is -0.0468. The topological polar surface area (TPSA) is 21.3 Å². The maximum absolute atomic E-state index is 5.85. The Kier molecular flexibility index (Phi) is 5.36. The van der Waals surface area contributed by atoms with E-state index in [1.807, 2.05) is 14.2 Å². The van der Waals surface area contributed by atoms with E-state index < -0.39 is 0 Å². The van der Waals surface area contributed by atoms with Crippen LogP contribution in [-0.4, -0.2) is 19.8 Å². The van der Waals surface area contributed by atoms with Crippen LogP contribution in [0.1, 0.15) is 49.4 Å². The molecule has 0 amide bonds. The highest BCUT2D eigenvalue weighted by molar-refractivity contribution is 5.33. The fourth-order valence-corrected chi connectivity index (χ4v) is 2.74. The van der Waals surface area contributed by atoms with E-state index in [2.05, 4.69) is 51.2 Å². The first-order chi connectivity index (χ1) is 8.54. The highest BCUT2D eigenvalue weighted by Crippen LogP contribution is 2.35. The first-order valence-electron chi connectivity index (χ1n) is 6.84. The van der Waals surface area contributed by atoms with Crippen LogP contribution in [0.25, 0.3) is 0 Å². The quantitative estimate of drug-likeness (QED) is 0.828. The molecule has 0 fully saturated rings. The summed E-state index contributed by atoms with van der Waals surface area (Å²) in [6.45, 7) is 8.70. The van der Waals surface area contributed by atoms with Crippen LogP contribution in [0.2, 0.25) is 0 Å². The third-order valence-electron chi connectivity index (χ3n) is 4.28. The van der Waals surface area contributed by atoms with Crippen molar-refractivity contribution >= 4 is 0 Å². The van der Waals surface area contributed by atoms with Crippen molar-refractivity contribution in [2.75, 3.05) is 14.2 Å². The highest BCUT2D eigenvalue weighted by Gasteiger charge is 2.35. The lowest BCUT2D eigenvalue weighted by Crippen LogP contribution is -2.43. The summed E-state index contributed by atoms with van der Waals surface area (Å²) < 4.78 is 5.85. The summed E-state index contributed by atoms with van der Waals surface area (Å²) in [5.74, 6) is 0. The molecule has 0 spiro atoms. The minimum atomic E-state index is -0.129. The highest BCUT2D eigenvalue weighted by atomic mass is 16.5. The van der Waals surface area contributed by atoms with Gasteiger partial charge in [-0.05, 0) is 50.4 Å². The summed E-state index contributed by atoms with van der Waals surface area (Å²) in [5, 5.41) is 3.43. The van der Waals surface area contributed by atoms with Crippen LogP contribution in [0.4, 0.5) is 0 Å². The number of likely N-dealkylation sites (N-methyl/N-ethyl adjacent to an activating group) is 1. The molecule has 1 N–H and O–H groups in total. The largest absolute Gasteiger partial charge is 0.376 e. The van der Waals surface area contributed by atoms with Crippen LogP contribution in [0, 0.1) is 13.8 Å². The van der Waals surface area contributed by atoms with Gasteiger partial charge in [-0.2, -0.15) is 0 Å². The third-order valence-corrected chi connectivity index (χ3v) is 4.28. The molecule has 2 nitrogen and oxygen atoms in total. The summed E-state index contributed by atoms with van der Waals surface area (Å²) in [5.41, 5.74) is 3.86. The van der Waals surface area contributed by atoms with Gasteiger partial charge in [0.15, 0.2) is 0 Å². The summed E-state index contributed by atoms with van der Waals surface area (Å²) in [6, 6.07) is 6.91. The summed E-state index contributed by atoms with van der Waals surface area (Å²) in [7, 11) is 3.83. The minimum absolute atomic E-state index is 0.129. The molecule has 1 aromatic rings. The molecule has 0 radical (unpaired) electrons. The molecule has 0 aliphatic rings. The maximum Gasteiger partial charge on any atom is 0.0867 e. The molecule has 0 aromatic heterocycles. The van der Waals surface area contributed by atoms with Gasteiger partial charge in [-0.15, -0.1) is 0 Å². The predicted octanol–water partition coefficient (Wildman–Crippen LogP) is 3.77. The van der Waals surface area contributed by atoms with E-state index in [1.165, 1.54) is 16.7 Å². The van der Waals surface area contributed by atoms with Crippen molar-refractivity contribution in [2.45, 2.75) is 52.2 Å².